The molecule has 2 rings (SSSR count). The molecule has 0 aliphatic rings. The van der Waals surface area contributed by atoms with Gasteiger partial charge in [0.25, 0.3) is 5.91 Å². The maximum atomic E-state index is 12.8. The Bertz CT molecular complexity index is 714. The van der Waals surface area contributed by atoms with E-state index in [9.17, 15) is 9.59 Å². The van der Waals surface area contributed by atoms with Crippen LogP contribution in [0, 0.1) is 6.92 Å². The van der Waals surface area contributed by atoms with Gasteiger partial charge in [-0.05, 0) is 38.5 Å². The Morgan fingerprint density at radius 1 is 1.08 bits per heavy atom. The molecule has 1 atom stereocenters. The van der Waals surface area contributed by atoms with Gasteiger partial charge in [-0.15, -0.1) is 0 Å². The topological polar surface area (TPSA) is 58.6 Å². The fraction of sp³-hybridized carbons (Fsp3) is 0.333. The number of amides is 2. The van der Waals surface area contributed by atoms with Gasteiger partial charge < -0.3 is 15.0 Å². The third kappa shape index (κ3) is 5.62. The van der Waals surface area contributed by atoms with Crippen molar-refractivity contribution in [1.82, 2.24) is 10.2 Å². The Labute approximate surface area is 155 Å². The molecule has 138 valence electrons. The fourth-order valence-electron chi connectivity index (χ4n) is 2.55. The number of rotatable bonds is 8. The Hall–Kier alpha value is -2.82. The number of nitrogens with one attached hydrogen (secondary N) is 1. The number of likely N-dealkylation sites (N-methyl/N-ethyl adjacent to an activating group) is 1. The molecule has 0 spiro atoms. The van der Waals surface area contributed by atoms with E-state index in [0.29, 0.717) is 18.8 Å². The maximum absolute atomic E-state index is 12.8. The lowest BCUT2D eigenvalue weighted by Crippen LogP contribution is -2.49. The lowest BCUT2D eigenvalue weighted by molar-refractivity contribution is -0.142. The third-order valence-electron chi connectivity index (χ3n) is 4.10. The highest BCUT2D eigenvalue weighted by atomic mass is 16.5. The first-order valence-corrected chi connectivity index (χ1v) is 8.81. The molecule has 0 aromatic heterocycles. The molecule has 2 amide bonds. The van der Waals surface area contributed by atoms with Crippen LogP contribution < -0.4 is 10.1 Å². The molecule has 2 aromatic rings. The predicted octanol–water partition coefficient (Wildman–Crippen LogP) is 2.93. The molecule has 0 saturated carbocycles. The van der Waals surface area contributed by atoms with Gasteiger partial charge in [-0.1, -0.05) is 48.0 Å². The van der Waals surface area contributed by atoms with E-state index >= 15 is 0 Å². The fourth-order valence-corrected chi connectivity index (χ4v) is 2.55. The first-order valence-electron chi connectivity index (χ1n) is 8.81. The van der Waals surface area contributed by atoms with Gasteiger partial charge in [0.2, 0.25) is 5.91 Å². The molecule has 0 bridgehead atoms. The van der Waals surface area contributed by atoms with Crippen molar-refractivity contribution in [1.29, 1.82) is 0 Å². The highest BCUT2D eigenvalue weighted by molar-refractivity contribution is 5.87. The van der Waals surface area contributed by atoms with Crippen LogP contribution >= 0.6 is 0 Å². The summed E-state index contributed by atoms with van der Waals surface area (Å²) in [4.78, 5) is 26.6. The van der Waals surface area contributed by atoms with Crippen LogP contribution in [-0.2, 0) is 16.1 Å². The highest BCUT2D eigenvalue weighted by Gasteiger charge is 2.26. The lowest BCUT2D eigenvalue weighted by atomic mass is 10.1. The summed E-state index contributed by atoms with van der Waals surface area (Å²) in [5.41, 5.74) is 2.09. The SMILES string of the molecule is CCNC(=O)[C@H](C)N(Cc1ccccc1)C(=O)COc1ccc(C)cc1. The van der Waals surface area contributed by atoms with E-state index in [-0.39, 0.29) is 18.4 Å². The predicted molar refractivity (Wildman–Crippen MR) is 102 cm³/mol. The molecule has 26 heavy (non-hydrogen) atoms. The average molecular weight is 354 g/mol. The number of ether oxygens (including phenoxy) is 1. The smallest absolute Gasteiger partial charge is 0.261 e. The van der Waals surface area contributed by atoms with E-state index in [1.54, 1.807) is 11.8 Å². The number of hydrogen-bond donors (Lipinski definition) is 1. The van der Waals surface area contributed by atoms with Crippen molar-refractivity contribution in [2.45, 2.75) is 33.4 Å². The number of nitrogens with zero attached hydrogens (tertiary/aromatic N) is 1. The van der Waals surface area contributed by atoms with Crippen molar-refractivity contribution in [3.63, 3.8) is 0 Å². The van der Waals surface area contributed by atoms with Crippen LogP contribution in [0.3, 0.4) is 0 Å². The van der Waals surface area contributed by atoms with Crippen molar-refractivity contribution in [2.75, 3.05) is 13.2 Å². The van der Waals surface area contributed by atoms with E-state index in [2.05, 4.69) is 5.32 Å². The molecular weight excluding hydrogens is 328 g/mol. The molecule has 0 heterocycles. The van der Waals surface area contributed by atoms with Crippen molar-refractivity contribution < 1.29 is 14.3 Å². The standard InChI is InChI=1S/C21H26N2O3/c1-4-22-21(25)17(3)23(14-18-8-6-5-7-9-18)20(24)15-26-19-12-10-16(2)11-13-19/h5-13,17H,4,14-15H2,1-3H3,(H,22,25)/t17-/m0/s1. The Morgan fingerprint density at radius 2 is 1.73 bits per heavy atom. The summed E-state index contributed by atoms with van der Waals surface area (Å²) < 4.78 is 5.61. The third-order valence-corrected chi connectivity index (χ3v) is 4.10. The Balaban J connectivity index is 2.09. The zero-order valence-corrected chi connectivity index (χ0v) is 15.6. The number of benzene rings is 2. The van der Waals surface area contributed by atoms with Gasteiger partial charge in [-0.25, -0.2) is 0 Å². The molecule has 0 aliphatic carbocycles. The van der Waals surface area contributed by atoms with Gasteiger partial charge in [-0.2, -0.15) is 0 Å². The van der Waals surface area contributed by atoms with Crippen molar-refractivity contribution in [3.05, 3.63) is 65.7 Å². The van der Waals surface area contributed by atoms with E-state index in [1.807, 2.05) is 68.4 Å². The minimum absolute atomic E-state index is 0.111. The molecule has 0 fully saturated rings. The first kappa shape index (κ1) is 19.5. The summed E-state index contributed by atoms with van der Waals surface area (Å²) >= 11 is 0. The molecule has 0 radical (unpaired) electrons. The van der Waals surface area contributed by atoms with Gasteiger partial charge in [0, 0.05) is 13.1 Å². The maximum Gasteiger partial charge on any atom is 0.261 e. The summed E-state index contributed by atoms with van der Waals surface area (Å²) in [5.74, 6) is 0.231. The van der Waals surface area contributed by atoms with Crippen LogP contribution in [0.15, 0.2) is 54.6 Å². The largest absolute Gasteiger partial charge is 0.484 e. The molecule has 2 aromatic carbocycles. The number of hydrogen-bond acceptors (Lipinski definition) is 3. The van der Waals surface area contributed by atoms with Crippen LogP contribution in [0.2, 0.25) is 0 Å². The number of carbonyl (C=O) groups is 2. The van der Waals surface area contributed by atoms with Crippen molar-refractivity contribution in [2.24, 2.45) is 0 Å². The quantitative estimate of drug-likeness (QED) is 0.793. The Morgan fingerprint density at radius 3 is 2.35 bits per heavy atom. The van der Waals surface area contributed by atoms with E-state index < -0.39 is 6.04 Å². The second kappa shape index (κ2) is 9.61. The second-order valence-corrected chi connectivity index (χ2v) is 6.18. The van der Waals surface area contributed by atoms with Crippen LogP contribution in [0.1, 0.15) is 25.0 Å². The molecule has 5 nitrogen and oxygen atoms in total. The zero-order chi connectivity index (χ0) is 18.9. The van der Waals surface area contributed by atoms with Crippen LogP contribution in [0.25, 0.3) is 0 Å². The minimum Gasteiger partial charge on any atom is -0.484 e. The van der Waals surface area contributed by atoms with E-state index in [0.717, 1.165) is 11.1 Å². The lowest BCUT2D eigenvalue weighted by Gasteiger charge is -2.28. The van der Waals surface area contributed by atoms with Crippen LogP contribution in [-0.4, -0.2) is 35.9 Å². The van der Waals surface area contributed by atoms with Gasteiger partial charge >= 0.3 is 0 Å². The van der Waals surface area contributed by atoms with Gasteiger partial charge in [0.15, 0.2) is 6.61 Å². The second-order valence-electron chi connectivity index (χ2n) is 6.18. The van der Waals surface area contributed by atoms with Gasteiger partial charge in [-0.3, -0.25) is 9.59 Å². The zero-order valence-electron chi connectivity index (χ0n) is 15.6. The molecule has 5 heteroatoms. The summed E-state index contributed by atoms with van der Waals surface area (Å²) in [7, 11) is 0. The van der Waals surface area contributed by atoms with Gasteiger partial charge in [0.05, 0.1) is 0 Å². The molecular formula is C21H26N2O3. The first-order chi connectivity index (χ1) is 12.5. The summed E-state index contributed by atoms with van der Waals surface area (Å²) in [5, 5.41) is 2.77. The summed E-state index contributed by atoms with van der Waals surface area (Å²) in [6.45, 7) is 6.35. The summed E-state index contributed by atoms with van der Waals surface area (Å²) in [6.07, 6.45) is 0. The highest BCUT2D eigenvalue weighted by Crippen LogP contribution is 2.13. The van der Waals surface area contributed by atoms with E-state index in [4.69, 9.17) is 4.74 Å². The molecule has 0 saturated heterocycles. The summed E-state index contributed by atoms with van der Waals surface area (Å²) in [6, 6.07) is 16.6. The molecule has 0 unspecified atom stereocenters. The average Bonchev–Trinajstić information content (AvgIpc) is 2.66. The van der Waals surface area contributed by atoms with E-state index in [1.165, 1.54) is 0 Å². The number of aryl methyl sites for hydroxylation is 1. The molecule has 1 N–H and O–H groups in total. The van der Waals surface area contributed by atoms with Crippen LogP contribution in [0.4, 0.5) is 0 Å². The van der Waals surface area contributed by atoms with Crippen LogP contribution in [0.5, 0.6) is 5.75 Å². The van der Waals surface area contributed by atoms with Crippen molar-refractivity contribution in [3.8, 4) is 5.75 Å². The monoisotopic (exact) mass is 354 g/mol. The van der Waals surface area contributed by atoms with Crippen molar-refractivity contribution >= 4 is 11.8 Å². The number of carbonyl (C=O) groups excluding carboxylic acids is 2. The normalized spacial score (nSPS) is 11.5. The minimum atomic E-state index is -0.579. The Kier molecular flexibility index (Phi) is 7.21. The van der Waals surface area contributed by atoms with Gasteiger partial charge in [0.1, 0.15) is 11.8 Å². The molecule has 0 aliphatic heterocycles.